The van der Waals surface area contributed by atoms with Crippen LogP contribution in [0.2, 0.25) is 0 Å². The van der Waals surface area contributed by atoms with Gasteiger partial charge in [-0.05, 0) is 46.5 Å². The summed E-state index contributed by atoms with van der Waals surface area (Å²) in [6, 6.07) is 1.59. The first-order chi connectivity index (χ1) is 23.0. The third kappa shape index (κ3) is 6.39. The van der Waals surface area contributed by atoms with E-state index < -0.39 is 46.8 Å². The number of hydrogen-bond donors (Lipinski definition) is 6. The largest absolute Gasteiger partial charge is 0.508 e. The summed E-state index contributed by atoms with van der Waals surface area (Å²) >= 11 is 2.48. The number of β-lactam (4-membered cyclic amide) rings is 1. The molecule has 7 N–H and O–H groups in total. The Morgan fingerprint density at radius 3 is 2.56 bits per heavy atom. The lowest BCUT2D eigenvalue weighted by molar-refractivity contribution is -0.150. The number of carbonyl (C=O) groups excluding carboxylic acids is 3. The number of thioether (sulfide) groups is 2. The molecule has 1 saturated heterocycles. The average Bonchev–Trinajstić information content (AvgIpc) is 3.73. The van der Waals surface area contributed by atoms with Crippen LogP contribution in [0, 0.1) is 0 Å². The normalized spacial score (nSPS) is 19.8. The molecule has 3 atom stereocenters. The number of phenolic OH excluding ortho intramolecular Hbond substituents is 1. The summed E-state index contributed by atoms with van der Waals surface area (Å²) in [6.07, 6.45) is 5.08. The Morgan fingerprint density at radius 1 is 1.21 bits per heavy atom. The molecule has 252 valence electrons. The van der Waals surface area contributed by atoms with Gasteiger partial charge in [0, 0.05) is 24.6 Å². The number of nitrogens with zero attached hydrogens (tertiary/aromatic N) is 7. The number of nitrogens with two attached hydrogens (primary N) is 1. The van der Waals surface area contributed by atoms with E-state index in [-0.39, 0.29) is 46.2 Å². The Bertz CT molecular complexity index is 1840. The number of aryl methyl sites for hydroxylation is 1. The molecule has 4 heterocycles. The number of tetrazole rings is 1. The van der Waals surface area contributed by atoms with Gasteiger partial charge in [-0.15, -0.1) is 16.9 Å². The monoisotopic (exact) mass is 697 g/mol. The first-order valence-electron chi connectivity index (χ1n) is 14.8. The fourth-order valence-corrected chi connectivity index (χ4v) is 8.21. The van der Waals surface area contributed by atoms with E-state index in [0.717, 1.165) is 41.7 Å². The standard InChI is InChI=1S/C28H31N11O7S2/c1-37-28(34-35-36-37)48-12-14-11-47-24-18(23(43)39(24)20(14)25(44)45)32-22(42)19(13-6-8-16(40)9-7-13)38(26(29)46)17-10-30-27(33-21(17)41)31-15-4-2-3-5-15/h6-10,15,18-19,24,40H,2-5,11-12H2,1H3,(H2,29,46)(H,32,42)(H,44,45)(H2,30,31,33,41)/t18?,19?,24-/m1/s1. The zero-order chi connectivity index (χ0) is 34.1. The number of aromatic nitrogens is 6. The van der Waals surface area contributed by atoms with Gasteiger partial charge in [-0.3, -0.25) is 29.2 Å². The predicted molar refractivity (Wildman–Crippen MR) is 173 cm³/mol. The van der Waals surface area contributed by atoms with Gasteiger partial charge in [0.05, 0.1) is 6.20 Å². The van der Waals surface area contributed by atoms with Crippen LogP contribution in [-0.2, 0) is 21.4 Å². The number of aliphatic carboxylic acids is 1. The number of benzene rings is 1. The zero-order valence-electron chi connectivity index (χ0n) is 25.4. The number of aromatic amines is 1. The number of nitrogens with one attached hydrogen (secondary N) is 3. The molecular formula is C28H31N11O7S2. The molecule has 3 aliphatic rings. The molecule has 48 heavy (non-hydrogen) atoms. The number of aromatic hydroxyl groups is 1. The van der Waals surface area contributed by atoms with Gasteiger partial charge in [-0.25, -0.2) is 19.3 Å². The molecule has 1 aliphatic carbocycles. The fraction of sp³-hybridized carbons (Fsp3) is 0.393. The first-order valence-corrected chi connectivity index (χ1v) is 16.9. The maximum Gasteiger partial charge on any atom is 0.352 e. The van der Waals surface area contributed by atoms with Crippen molar-refractivity contribution in [3.63, 3.8) is 0 Å². The summed E-state index contributed by atoms with van der Waals surface area (Å²) in [4.78, 5) is 74.8. The van der Waals surface area contributed by atoms with Crippen molar-refractivity contribution in [3.8, 4) is 5.75 Å². The molecule has 2 aliphatic heterocycles. The van der Waals surface area contributed by atoms with Crippen molar-refractivity contribution >= 4 is 59.0 Å². The Labute approximate surface area is 280 Å². The Kier molecular flexibility index (Phi) is 9.27. The van der Waals surface area contributed by atoms with Crippen LogP contribution in [0.4, 0.5) is 16.4 Å². The molecule has 2 aromatic heterocycles. The number of rotatable bonds is 11. The van der Waals surface area contributed by atoms with Crippen LogP contribution in [0.3, 0.4) is 0 Å². The minimum Gasteiger partial charge on any atom is -0.508 e. The molecule has 0 bridgehead atoms. The minimum absolute atomic E-state index is 0.119. The number of fused-ring (bicyclic) bond motifs is 1. The van der Waals surface area contributed by atoms with Crippen LogP contribution in [0.25, 0.3) is 0 Å². The first kappa shape index (κ1) is 32.8. The lowest BCUT2D eigenvalue weighted by Crippen LogP contribution is -2.71. The molecular weight excluding hydrogens is 667 g/mol. The van der Waals surface area contributed by atoms with E-state index in [4.69, 9.17) is 5.73 Å². The van der Waals surface area contributed by atoms with Crippen molar-refractivity contribution in [2.24, 2.45) is 12.8 Å². The molecule has 1 saturated carbocycles. The number of urea groups is 1. The maximum absolute atomic E-state index is 14.0. The van der Waals surface area contributed by atoms with Gasteiger partial charge in [0.25, 0.3) is 11.5 Å². The molecule has 6 rings (SSSR count). The fourth-order valence-electron chi connectivity index (χ4n) is 5.88. The van der Waals surface area contributed by atoms with Crippen LogP contribution in [-0.4, -0.2) is 98.1 Å². The Balaban J connectivity index is 1.26. The van der Waals surface area contributed by atoms with Crippen molar-refractivity contribution in [1.29, 1.82) is 0 Å². The number of carboxylic acid groups (broad SMARTS) is 1. The van der Waals surface area contributed by atoms with Gasteiger partial charge < -0.3 is 26.6 Å². The number of hydrogen-bond acceptors (Lipinski definition) is 13. The molecule has 18 nitrogen and oxygen atoms in total. The summed E-state index contributed by atoms with van der Waals surface area (Å²) in [5.41, 5.74) is 5.16. The lowest BCUT2D eigenvalue weighted by atomic mass is 10.00. The van der Waals surface area contributed by atoms with Gasteiger partial charge >= 0.3 is 12.0 Å². The number of phenols is 1. The zero-order valence-corrected chi connectivity index (χ0v) is 27.0. The van der Waals surface area contributed by atoms with Crippen LogP contribution < -0.4 is 26.8 Å². The number of H-pyrrole nitrogens is 1. The van der Waals surface area contributed by atoms with E-state index >= 15 is 0 Å². The maximum atomic E-state index is 14.0. The number of anilines is 2. The van der Waals surface area contributed by atoms with Crippen LogP contribution >= 0.6 is 23.5 Å². The quantitative estimate of drug-likeness (QED) is 0.118. The number of carboxylic acids is 1. The molecule has 2 fully saturated rings. The topological polar surface area (TPSA) is 255 Å². The molecule has 2 unspecified atom stereocenters. The minimum atomic E-state index is -1.57. The predicted octanol–water partition coefficient (Wildman–Crippen LogP) is 0.511. The van der Waals surface area contributed by atoms with Gasteiger partial charge in [-0.1, -0.05) is 36.7 Å². The van der Waals surface area contributed by atoms with E-state index in [9.17, 15) is 34.2 Å². The molecule has 4 amide bonds. The van der Waals surface area contributed by atoms with Gasteiger partial charge in [0.1, 0.15) is 34.6 Å². The second-order valence-electron chi connectivity index (χ2n) is 11.3. The van der Waals surface area contributed by atoms with E-state index in [1.54, 1.807) is 7.05 Å². The Hall–Kier alpha value is -5.11. The van der Waals surface area contributed by atoms with Gasteiger partial charge in [0.2, 0.25) is 17.0 Å². The Morgan fingerprint density at radius 2 is 1.94 bits per heavy atom. The van der Waals surface area contributed by atoms with E-state index in [1.165, 1.54) is 52.5 Å². The summed E-state index contributed by atoms with van der Waals surface area (Å²) in [7, 11) is 1.65. The van der Waals surface area contributed by atoms with Gasteiger partial charge in [0.15, 0.2) is 0 Å². The third-order valence-corrected chi connectivity index (χ3v) is 10.6. The highest BCUT2D eigenvalue weighted by molar-refractivity contribution is 8.01. The van der Waals surface area contributed by atoms with Crippen molar-refractivity contribution < 1.29 is 29.4 Å². The number of primary amides is 1. The smallest absolute Gasteiger partial charge is 0.352 e. The van der Waals surface area contributed by atoms with Crippen molar-refractivity contribution in [1.82, 2.24) is 40.4 Å². The summed E-state index contributed by atoms with van der Waals surface area (Å²) < 4.78 is 1.44. The number of amides is 4. The van der Waals surface area contributed by atoms with E-state index in [0.29, 0.717) is 10.7 Å². The molecule has 0 spiro atoms. The van der Waals surface area contributed by atoms with Gasteiger partial charge in [-0.2, -0.15) is 0 Å². The number of carbonyl (C=O) groups is 4. The molecule has 20 heteroatoms. The second-order valence-corrected chi connectivity index (χ2v) is 13.3. The highest BCUT2D eigenvalue weighted by Gasteiger charge is 2.55. The van der Waals surface area contributed by atoms with Crippen molar-refractivity contribution in [2.75, 3.05) is 21.7 Å². The lowest BCUT2D eigenvalue weighted by Gasteiger charge is -2.49. The van der Waals surface area contributed by atoms with Crippen molar-refractivity contribution in [2.45, 2.75) is 54.3 Å². The third-order valence-electron chi connectivity index (χ3n) is 8.19. The highest BCUT2D eigenvalue weighted by atomic mass is 32.2. The average molecular weight is 698 g/mol. The molecule has 0 radical (unpaired) electrons. The highest BCUT2D eigenvalue weighted by Crippen LogP contribution is 2.42. The summed E-state index contributed by atoms with van der Waals surface area (Å²) in [5.74, 6) is -2.30. The summed E-state index contributed by atoms with van der Waals surface area (Å²) in [6.45, 7) is 0. The summed E-state index contributed by atoms with van der Waals surface area (Å²) in [5, 5.41) is 36.7. The molecule has 1 aromatic carbocycles. The van der Waals surface area contributed by atoms with Crippen molar-refractivity contribution in [3.05, 3.63) is 57.6 Å². The second kappa shape index (κ2) is 13.6. The van der Waals surface area contributed by atoms with Crippen LogP contribution in [0.5, 0.6) is 5.75 Å². The SMILES string of the molecule is Cn1nnnc1SCC1=C(C(=O)O)N2C(=O)C(NC(=O)C(c3ccc(O)cc3)N(C(N)=O)c3cnc(NC4CCCC4)[nH]c3=O)[C@H]2SC1. The van der Waals surface area contributed by atoms with Crippen LogP contribution in [0.1, 0.15) is 37.3 Å². The van der Waals surface area contributed by atoms with E-state index in [2.05, 4.69) is 36.1 Å². The van der Waals surface area contributed by atoms with Crippen LogP contribution in [0.15, 0.2) is 51.7 Å². The van der Waals surface area contributed by atoms with E-state index in [1.807, 2.05) is 0 Å². The molecule has 3 aromatic rings.